The van der Waals surface area contributed by atoms with Crippen LogP contribution in [0.15, 0.2) is 41.3 Å². The SMILES string of the molecule is CCCOc1cc2c(c3c(=O)c(-c4ccc(OC)cc4)cn(COP(=O)(O)O)c13)CCC2. The third-order valence-corrected chi connectivity index (χ3v) is 6.06. The van der Waals surface area contributed by atoms with E-state index in [4.69, 9.17) is 14.0 Å². The normalized spacial score (nSPS) is 13.4. The molecule has 3 aromatic rings. The van der Waals surface area contributed by atoms with E-state index in [1.165, 1.54) is 0 Å². The molecule has 0 spiro atoms. The van der Waals surface area contributed by atoms with Crippen molar-refractivity contribution in [3.63, 3.8) is 0 Å². The number of hydrogen-bond acceptors (Lipinski definition) is 5. The van der Waals surface area contributed by atoms with E-state index in [1.54, 1.807) is 42.1 Å². The number of pyridine rings is 1. The number of phosphoric acid groups is 1. The van der Waals surface area contributed by atoms with Crippen molar-refractivity contribution >= 4 is 18.7 Å². The van der Waals surface area contributed by atoms with Gasteiger partial charge in [-0.05, 0) is 60.6 Å². The molecular formula is C23H26NO7P. The van der Waals surface area contributed by atoms with Gasteiger partial charge in [0.2, 0.25) is 0 Å². The second kappa shape index (κ2) is 9.08. The lowest BCUT2D eigenvalue weighted by molar-refractivity contribution is 0.155. The average molecular weight is 459 g/mol. The summed E-state index contributed by atoms with van der Waals surface area (Å²) >= 11 is 0. The number of aryl methyl sites for hydroxylation is 2. The summed E-state index contributed by atoms with van der Waals surface area (Å²) in [5.41, 5.74) is 3.49. The summed E-state index contributed by atoms with van der Waals surface area (Å²) in [5.74, 6) is 1.19. The van der Waals surface area contributed by atoms with Crippen LogP contribution in [0, 0.1) is 0 Å². The molecule has 9 heteroatoms. The van der Waals surface area contributed by atoms with Gasteiger partial charge in [-0.1, -0.05) is 19.1 Å². The Morgan fingerprint density at radius 1 is 1.16 bits per heavy atom. The number of nitrogens with zero attached hydrogens (tertiary/aromatic N) is 1. The molecular weight excluding hydrogens is 433 g/mol. The van der Waals surface area contributed by atoms with E-state index in [0.717, 1.165) is 36.8 Å². The molecule has 4 rings (SSSR count). The lowest BCUT2D eigenvalue weighted by atomic mass is 9.98. The molecule has 2 N–H and O–H groups in total. The zero-order valence-electron chi connectivity index (χ0n) is 18.0. The Hall–Kier alpha value is -2.64. The Labute approximate surface area is 185 Å². The fourth-order valence-corrected chi connectivity index (χ4v) is 4.46. The van der Waals surface area contributed by atoms with E-state index >= 15 is 0 Å². The van der Waals surface area contributed by atoms with Gasteiger partial charge in [-0.25, -0.2) is 4.57 Å². The minimum Gasteiger partial charge on any atom is -0.497 e. The van der Waals surface area contributed by atoms with Crippen molar-refractivity contribution in [1.82, 2.24) is 4.57 Å². The highest BCUT2D eigenvalue weighted by Crippen LogP contribution is 2.39. The number of aromatic nitrogens is 1. The maximum atomic E-state index is 13.7. The van der Waals surface area contributed by atoms with Gasteiger partial charge in [-0.3, -0.25) is 9.32 Å². The number of methoxy groups -OCH3 is 1. The molecule has 8 nitrogen and oxygen atoms in total. The van der Waals surface area contributed by atoms with Crippen molar-refractivity contribution < 1.29 is 28.3 Å². The third-order valence-electron chi connectivity index (χ3n) is 5.61. The largest absolute Gasteiger partial charge is 0.497 e. The third kappa shape index (κ3) is 4.45. The Bertz CT molecular complexity index is 1240. The smallest absolute Gasteiger partial charge is 0.471 e. The van der Waals surface area contributed by atoms with Crippen LogP contribution in [0.2, 0.25) is 0 Å². The zero-order chi connectivity index (χ0) is 22.9. The van der Waals surface area contributed by atoms with Gasteiger partial charge in [0, 0.05) is 11.8 Å². The van der Waals surface area contributed by atoms with Gasteiger partial charge in [0.1, 0.15) is 18.2 Å². The van der Waals surface area contributed by atoms with E-state index in [1.807, 2.05) is 13.0 Å². The van der Waals surface area contributed by atoms with Gasteiger partial charge < -0.3 is 23.8 Å². The summed E-state index contributed by atoms with van der Waals surface area (Å²) in [5, 5.41) is 0.522. The van der Waals surface area contributed by atoms with Crippen molar-refractivity contribution in [2.75, 3.05) is 13.7 Å². The van der Waals surface area contributed by atoms with Crippen molar-refractivity contribution in [2.24, 2.45) is 0 Å². The fraction of sp³-hybridized carbons (Fsp3) is 0.348. The number of benzene rings is 2. The minimum absolute atomic E-state index is 0.141. The topological polar surface area (TPSA) is 107 Å². The number of hydrogen-bond donors (Lipinski definition) is 2. The molecule has 0 saturated carbocycles. The predicted molar refractivity (Wildman–Crippen MR) is 121 cm³/mol. The second-order valence-electron chi connectivity index (χ2n) is 7.76. The van der Waals surface area contributed by atoms with Gasteiger partial charge >= 0.3 is 7.82 Å². The highest BCUT2D eigenvalue weighted by molar-refractivity contribution is 7.46. The summed E-state index contributed by atoms with van der Waals surface area (Å²) in [4.78, 5) is 32.3. The van der Waals surface area contributed by atoms with E-state index in [0.29, 0.717) is 40.1 Å². The summed E-state index contributed by atoms with van der Waals surface area (Å²) < 4.78 is 29.0. The maximum absolute atomic E-state index is 13.7. The molecule has 0 radical (unpaired) electrons. The van der Waals surface area contributed by atoms with Gasteiger partial charge in [0.05, 0.1) is 24.6 Å². The van der Waals surface area contributed by atoms with E-state index < -0.39 is 14.6 Å². The first-order valence-corrected chi connectivity index (χ1v) is 12.0. The van der Waals surface area contributed by atoms with E-state index in [-0.39, 0.29) is 5.43 Å². The maximum Gasteiger partial charge on any atom is 0.471 e. The van der Waals surface area contributed by atoms with Gasteiger partial charge in [0.25, 0.3) is 0 Å². The van der Waals surface area contributed by atoms with Crippen LogP contribution in [-0.4, -0.2) is 28.1 Å². The molecule has 1 aliphatic carbocycles. The Kier molecular flexibility index (Phi) is 6.40. The first kappa shape index (κ1) is 22.6. The highest BCUT2D eigenvalue weighted by atomic mass is 31.2. The minimum atomic E-state index is -4.73. The second-order valence-corrected chi connectivity index (χ2v) is 9.00. The first-order valence-electron chi connectivity index (χ1n) is 10.5. The molecule has 0 amide bonds. The number of ether oxygens (including phenoxy) is 2. The fourth-order valence-electron chi connectivity index (χ4n) is 4.19. The van der Waals surface area contributed by atoms with Crippen LogP contribution in [0.1, 0.15) is 30.9 Å². The van der Waals surface area contributed by atoms with Crippen molar-refractivity contribution in [3.8, 4) is 22.6 Å². The highest BCUT2D eigenvalue weighted by Gasteiger charge is 2.25. The molecule has 0 unspecified atom stereocenters. The molecule has 1 heterocycles. The Morgan fingerprint density at radius 2 is 1.91 bits per heavy atom. The molecule has 0 bridgehead atoms. The van der Waals surface area contributed by atoms with Crippen LogP contribution in [-0.2, 0) is 28.7 Å². The summed E-state index contributed by atoms with van der Waals surface area (Å²) in [7, 11) is -3.16. The van der Waals surface area contributed by atoms with Crippen LogP contribution in [0.3, 0.4) is 0 Å². The van der Waals surface area contributed by atoms with Crippen molar-refractivity contribution in [1.29, 1.82) is 0 Å². The molecule has 170 valence electrons. The van der Waals surface area contributed by atoms with Crippen LogP contribution in [0.4, 0.5) is 0 Å². The molecule has 1 aromatic heterocycles. The Balaban J connectivity index is 2.00. The summed E-state index contributed by atoms with van der Waals surface area (Å²) in [6, 6.07) is 9.04. The molecule has 1 aliphatic rings. The molecule has 0 aliphatic heterocycles. The van der Waals surface area contributed by atoms with Crippen LogP contribution < -0.4 is 14.9 Å². The molecule has 0 saturated heterocycles. The van der Waals surface area contributed by atoms with Crippen molar-refractivity contribution in [2.45, 2.75) is 39.3 Å². The van der Waals surface area contributed by atoms with Gasteiger partial charge in [-0.2, -0.15) is 0 Å². The number of phosphoric ester groups is 1. The molecule has 0 fully saturated rings. The lowest BCUT2D eigenvalue weighted by Crippen LogP contribution is -2.16. The average Bonchev–Trinajstić information content (AvgIpc) is 3.24. The van der Waals surface area contributed by atoms with Crippen LogP contribution in [0.5, 0.6) is 11.5 Å². The zero-order valence-corrected chi connectivity index (χ0v) is 18.9. The van der Waals surface area contributed by atoms with Crippen molar-refractivity contribution in [3.05, 3.63) is 57.9 Å². The first-order chi connectivity index (χ1) is 15.3. The standard InChI is InChI=1S/C23H26NO7P/c1-3-11-30-20-12-16-5-4-6-18(16)21-22(20)24(14-31-32(26,27)28)13-19(23(21)25)15-7-9-17(29-2)10-8-15/h7-10,12-13H,3-6,11,14H2,1-2H3,(H2,26,27,28). The Morgan fingerprint density at radius 3 is 2.56 bits per heavy atom. The molecule has 32 heavy (non-hydrogen) atoms. The summed E-state index contributed by atoms with van der Waals surface area (Å²) in [6.45, 7) is 2.02. The number of fused-ring (bicyclic) bond motifs is 3. The van der Waals surface area contributed by atoms with E-state index in [9.17, 15) is 19.1 Å². The quantitative estimate of drug-likeness (QED) is 0.490. The van der Waals surface area contributed by atoms with E-state index in [2.05, 4.69) is 0 Å². The van der Waals surface area contributed by atoms with Crippen LogP contribution >= 0.6 is 7.82 Å². The lowest BCUT2D eigenvalue weighted by Gasteiger charge is -2.19. The van der Waals surface area contributed by atoms with Gasteiger partial charge in [0.15, 0.2) is 5.43 Å². The van der Waals surface area contributed by atoms with Gasteiger partial charge in [-0.15, -0.1) is 0 Å². The predicted octanol–water partition coefficient (Wildman–Crippen LogP) is 4.02. The molecule has 0 atom stereocenters. The summed E-state index contributed by atoms with van der Waals surface area (Å²) in [6.07, 6.45) is 4.92. The van der Waals surface area contributed by atoms with Crippen LogP contribution in [0.25, 0.3) is 22.0 Å². The molecule has 2 aromatic carbocycles. The monoisotopic (exact) mass is 459 g/mol. The number of rotatable bonds is 8.